The van der Waals surface area contributed by atoms with E-state index in [2.05, 4.69) is 0 Å². The molecule has 0 N–H and O–H groups in total. The third kappa shape index (κ3) is 14.1. The second-order valence-electron chi connectivity index (χ2n) is 0.333. The van der Waals surface area contributed by atoms with Crippen molar-refractivity contribution in [2.24, 2.45) is 0 Å². The molecule has 0 unspecified atom stereocenters. The molecule has 0 aromatic rings. The zero-order valence-electron chi connectivity index (χ0n) is 8.15. The van der Waals surface area contributed by atoms with E-state index in [9.17, 15) is 0 Å². The van der Waals surface area contributed by atoms with E-state index in [1.807, 2.05) is 0 Å². The SMILES string of the molecule is [2H][C-]([2H])/C=C\C([2H])([2H])[2H].[Li+]. The van der Waals surface area contributed by atoms with E-state index in [4.69, 9.17) is 6.85 Å². The molecule has 24 valence electrons. The Kier molecular flexibility index (Phi) is 2.43. The van der Waals surface area contributed by atoms with Crippen molar-refractivity contribution in [3.8, 4) is 0 Å². The summed E-state index contributed by atoms with van der Waals surface area (Å²) in [6.07, 6.45) is 1.79. The summed E-state index contributed by atoms with van der Waals surface area (Å²) in [4.78, 5) is 0. The van der Waals surface area contributed by atoms with Crippen molar-refractivity contribution < 1.29 is 25.7 Å². The third-order valence-corrected chi connectivity index (χ3v) is 0.0833. The molecule has 0 bridgehead atoms. The third-order valence-electron chi connectivity index (χ3n) is 0.0833. The van der Waals surface area contributed by atoms with Gasteiger partial charge < -0.3 is 0 Å². The first-order valence-corrected chi connectivity index (χ1v) is 0.911. The maximum Gasteiger partial charge on any atom is 1.00 e. The Bertz CT molecular complexity index is 105. The molecule has 0 aliphatic heterocycles. The summed E-state index contributed by atoms with van der Waals surface area (Å²) >= 11 is 0. The average Bonchev–Trinajstić information content (AvgIpc) is 1.59. The fraction of sp³-hybridized carbons (Fsp3) is 0.250. The number of allylic oxidation sites excluding steroid dienone is 2. The van der Waals surface area contributed by atoms with Crippen LogP contribution in [0.1, 0.15) is 13.7 Å². The van der Waals surface area contributed by atoms with Gasteiger partial charge in [-0.2, -0.15) is 0 Å². The Hall–Kier alpha value is 0.207. The zero-order chi connectivity index (χ0) is 7.49. The molecule has 0 spiro atoms. The van der Waals surface area contributed by atoms with Crippen molar-refractivity contribution in [2.75, 3.05) is 0 Å². The van der Waals surface area contributed by atoms with E-state index < -0.39 is 13.7 Å². The summed E-state index contributed by atoms with van der Waals surface area (Å²) in [5.74, 6) is 0. The molecule has 0 rings (SSSR count). The first-order valence-electron chi connectivity index (χ1n) is 3.41. The van der Waals surface area contributed by atoms with Crippen LogP contribution in [0.3, 0.4) is 0 Å². The van der Waals surface area contributed by atoms with Gasteiger partial charge in [0, 0.05) is 4.11 Å². The normalized spacial score (nSPS) is 23.6. The van der Waals surface area contributed by atoms with Gasteiger partial charge in [-0.3, -0.25) is 0 Å². The Morgan fingerprint density at radius 2 is 3.00 bits per heavy atom. The van der Waals surface area contributed by atoms with Crippen molar-refractivity contribution in [3.63, 3.8) is 0 Å². The Morgan fingerprint density at radius 3 is 3.20 bits per heavy atom. The second-order valence-corrected chi connectivity index (χ2v) is 0.333. The molecule has 1 heteroatoms. The predicted octanol–water partition coefficient (Wildman–Crippen LogP) is -1.60. The summed E-state index contributed by atoms with van der Waals surface area (Å²) in [6, 6.07) is 0. The molecule has 0 aromatic heterocycles. The van der Waals surface area contributed by atoms with Gasteiger partial charge in [0.2, 0.25) is 0 Å². The first kappa shape index (κ1) is 1.37. The maximum absolute atomic E-state index is 6.59. The monoisotopic (exact) mass is 67.1 g/mol. The molecule has 0 aliphatic carbocycles. The molecule has 0 radical (unpaired) electrons. The summed E-state index contributed by atoms with van der Waals surface area (Å²) in [7, 11) is 0. The van der Waals surface area contributed by atoms with Gasteiger partial charge in [0.15, 0.2) is 0 Å². The maximum atomic E-state index is 6.59. The second kappa shape index (κ2) is 8.88. The van der Waals surface area contributed by atoms with Crippen LogP contribution in [0.4, 0.5) is 0 Å². The largest absolute Gasteiger partial charge is 1.00 e. The van der Waals surface area contributed by atoms with Gasteiger partial charge in [-0.25, -0.2) is 19.0 Å². The Morgan fingerprint density at radius 1 is 2.20 bits per heavy atom. The van der Waals surface area contributed by atoms with Gasteiger partial charge in [-0.15, -0.1) is 6.85 Å². The molecule has 0 heterocycles. The van der Waals surface area contributed by atoms with E-state index in [-0.39, 0.29) is 18.9 Å². The Balaban J connectivity index is 0. The van der Waals surface area contributed by atoms with Crippen LogP contribution in [0.25, 0.3) is 0 Å². The molecule has 0 aliphatic rings. The fourth-order valence-electron chi connectivity index (χ4n) is 0. The molecule has 0 atom stereocenters. The summed E-state index contributed by atoms with van der Waals surface area (Å²) in [6.45, 7) is -2.65. The van der Waals surface area contributed by atoms with Gasteiger partial charge in [0.1, 0.15) is 0 Å². The van der Waals surface area contributed by atoms with Crippen molar-refractivity contribution in [1.82, 2.24) is 0 Å². The van der Waals surface area contributed by atoms with Crippen LogP contribution >= 0.6 is 0 Å². The van der Waals surface area contributed by atoms with Crippen LogP contribution in [-0.2, 0) is 0 Å². The van der Waals surface area contributed by atoms with E-state index in [0.717, 1.165) is 12.2 Å². The van der Waals surface area contributed by atoms with Gasteiger partial charge >= 0.3 is 18.9 Å². The van der Waals surface area contributed by atoms with E-state index in [1.165, 1.54) is 0 Å². The number of hydrogen-bond acceptors (Lipinski definition) is 0. The van der Waals surface area contributed by atoms with Crippen molar-refractivity contribution in [3.05, 3.63) is 19.0 Å². The van der Waals surface area contributed by atoms with Crippen molar-refractivity contribution >= 4 is 0 Å². The summed E-state index contributed by atoms with van der Waals surface area (Å²) in [5.41, 5.74) is 0. The first-order chi connectivity index (χ1) is 3.92. The quantitative estimate of drug-likeness (QED) is 0.256. The Labute approximate surface area is 52.5 Å². The van der Waals surface area contributed by atoms with Crippen molar-refractivity contribution in [1.29, 1.82) is 0 Å². The minimum atomic E-state index is -2.16. The van der Waals surface area contributed by atoms with Gasteiger partial charge in [0.05, 0.1) is 0 Å². The molecule has 0 fully saturated rings. The summed E-state index contributed by atoms with van der Waals surface area (Å²) in [5, 5.41) is 0. The van der Waals surface area contributed by atoms with Crippen LogP contribution in [0.5, 0.6) is 0 Å². The molecule has 0 aromatic carbocycles. The van der Waals surface area contributed by atoms with Gasteiger partial charge in [-0.1, -0.05) is 2.74 Å². The summed E-state index contributed by atoms with van der Waals surface area (Å²) < 4.78 is 32.8. The molecule has 5 heavy (non-hydrogen) atoms. The minimum Gasteiger partial charge on any atom is -0.245 e. The van der Waals surface area contributed by atoms with E-state index in [1.54, 1.807) is 0 Å². The molecular weight excluding hydrogens is 55.0 g/mol. The van der Waals surface area contributed by atoms with Crippen LogP contribution in [-0.4, -0.2) is 0 Å². The smallest absolute Gasteiger partial charge is 0.245 e. The molecular formula is C4H7Li. The van der Waals surface area contributed by atoms with Crippen LogP contribution in [0, 0.1) is 6.88 Å². The van der Waals surface area contributed by atoms with Crippen LogP contribution in [0.2, 0.25) is 0 Å². The van der Waals surface area contributed by atoms with Gasteiger partial charge in [0.25, 0.3) is 0 Å². The topological polar surface area (TPSA) is 0 Å². The minimum absolute atomic E-state index is 0. The van der Waals surface area contributed by atoms with Crippen LogP contribution in [0.15, 0.2) is 12.2 Å². The van der Waals surface area contributed by atoms with Gasteiger partial charge in [-0.05, 0) is 0 Å². The fourth-order valence-corrected chi connectivity index (χ4v) is 0. The standard InChI is InChI=1S/C4H7.Li/c1-3-4-2;/h3-4H,1H2,2H3;/q-1;+1/b4-3-;/i1D2,2D3;. The van der Waals surface area contributed by atoms with E-state index in [0.29, 0.717) is 0 Å². The van der Waals surface area contributed by atoms with E-state index >= 15 is 0 Å². The average molecular weight is 67.1 g/mol. The molecule has 0 nitrogen and oxygen atoms in total. The zero-order valence-corrected chi connectivity index (χ0v) is 3.15. The molecule has 0 saturated heterocycles. The van der Waals surface area contributed by atoms with Crippen LogP contribution < -0.4 is 18.9 Å². The molecule has 0 saturated carbocycles. The predicted molar refractivity (Wildman–Crippen MR) is 20.2 cm³/mol. The number of hydrogen-bond donors (Lipinski definition) is 0. The number of rotatable bonds is 1. The van der Waals surface area contributed by atoms with Crippen molar-refractivity contribution in [2.45, 2.75) is 6.85 Å². The molecule has 0 amide bonds.